The van der Waals surface area contributed by atoms with Gasteiger partial charge in [0.05, 0.1) is 5.69 Å². The van der Waals surface area contributed by atoms with Crippen LogP contribution in [0, 0.1) is 6.92 Å². The number of aryl methyl sites for hydroxylation is 1. The van der Waals surface area contributed by atoms with E-state index in [0.717, 1.165) is 37.8 Å². The third-order valence-electron chi connectivity index (χ3n) is 3.04. The molecule has 0 unspecified atom stereocenters. The normalized spacial score (nSPS) is 15.7. The maximum absolute atomic E-state index is 11.6. The summed E-state index contributed by atoms with van der Waals surface area (Å²) in [6, 6.07) is 0. The van der Waals surface area contributed by atoms with Gasteiger partial charge >= 0.3 is 0 Å². The van der Waals surface area contributed by atoms with Crippen molar-refractivity contribution < 1.29 is 4.79 Å². The third-order valence-corrected chi connectivity index (χ3v) is 3.04. The highest BCUT2D eigenvalue weighted by atomic mass is 16.1. The number of nitrogens with one attached hydrogen (secondary N) is 1. The Morgan fingerprint density at radius 3 is 2.86 bits per heavy atom. The van der Waals surface area contributed by atoms with Gasteiger partial charge in [-0.15, -0.1) is 0 Å². The quantitative estimate of drug-likeness (QED) is 0.766. The van der Waals surface area contributed by atoms with Crippen molar-refractivity contribution in [1.82, 2.24) is 4.98 Å². The highest BCUT2D eigenvalue weighted by molar-refractivity contribution is 5.97. The number of hydrogen-bond donors (Lipinski definition) is 1. The third kappa shape index (κ3) is 1.39. The second-order valence-corrected chi connectivity index (χ2v) is 4.11. The van der Waals surface area contributed by atoms with Crippen LogP contribution in [0.15, 0.2) is 0 Å². The van der Waals surface area contributed by atoms with E-state index in [1.165, 1.54) is 16.8 Å². The van der Waals surface area contributed by atoms with E-state index in [1.807, 2.05) is 0 Å². The lowest BCUT2D eigenvalue weighted by Crippen LogP contribution is -2.10. The van der Waals surface area contributed by atoms with Crippen LogP contribution in [-0.2, 0) is 12.8 Å². The van der Waals surface area contributed by atoms with Crippen LogP contribution in [-0.4, -0.2) is 10.8 Å². The van der Waals surface area contributed by atoms with E-state index in [0.29, 0.717) is 5.78 Å². The van der Waals surface area contributed by atoms with Crippen molar-refractivity contribution in [3.63, 3.8) is 0 Å². The van der Waals surface area contributed by atoms with E-state index in [4.69, 9.17) is 0 Å². The maximum atomic E-state index is 11.6. The zero-order valence-corrected chi connectivity index (χ0v) is 8.94. The Kier molecular flexibility index (Phi) is 2.44. The minimum absolute atomic E-state index is 0.303. The standard InChI is InChI=1S/C12H17NO/c1-3-5-9-8(2)13-12-10(9)6-4-7-11(12)14/h13H,3-7H2,1-2H3. The second kappa shape index (κ2) is 3.60. The van der Waals surface area contributed by atoms with Crippen LogP contribution < -0.4 is 0 Å². The first-order valence-corrected chi connectivity index (χ1v) is 5.47. The molecular formula is C12H17NO. The second-order valence-electron chi connectivity index (χ2n) is 4.11. The molecule has 1 aromatic heterocycles. The smallest absolute Gasteiger partial charge is 0.179 e. The molecule has 0 saturated carbocycles. The van der Waals surface area contributed by atoms with Gasteiger partial charge in [0.1, 0.15) is 0 Å². The molecule has 0 saturated heterocycles. The number of Topliss-reactive ketones (excluding diaryl/α,β-unsaturated/α-hetero) is 1. The number of H-pyrrole nitrogens is 1. The molecule has 0 radical (unpaired) electrons. The lowest BCUT2D eigenvalue weighted by molar-refractivity contribution is 0.0968. The molecule has 1 aliphatic rings. The molecule has 1 N–H and O–H groups in total. The van der Waals surface area contributed by atoms with Crippen molar-refractivity contribution in [2.75, 3.05) is 0 Å². The first-order chi connectivity index (χ1) is 6.74. The Bertz CT molecular complexity index is 363. The van der Waals surface area contributed by atoms with Crippen molar-refractivity contribution in [2.24, 2.45) is 0 Å². The number of aromatic amines is 1. The Morgan fingerprint density at radius 2 is 2.14 bits per heavy atom. The summed E-state index contributed by atoms with van der Waals surface area (Å²) in [5, 5.41) is 0. The lowest BCUT2D eigenvalue weighted by atomic mass is 9.92. The number of hydrogen-bond acceptors (Lipinski definition) is 1. The van der Waals surface area contributed by atoms with Gasteiger partial charge in [-0.2, -0.15) is 0 Å². The number of ketones is 1. The van der Waals surface area contributed by atoms with Gasteiger partial charge in [0.2, 0.25) is 0 Å². The molecule has 2 heteroatoms. The number of aromatic nitrogens is 1. The fraction of sp³-hybridized carbons (Fsp3) is 0.583. The van der Waals surface area contributed by atoms with Gasteiger partial charge in [0.25, 0.3) is 0 Å². The molecule has 2 nitrogen and oxygen atoms in total. The van der Waals surface area contributed by atoms with E-state index >= 15 is 0 Å². The zero-order valence-electron chi connectivity index (χ0n) is 8.94. The van der Waals surface area contributed by atoms with E-state index in [1.54, 1.807) is 0 Å². The number of rotatable bonds is 2. The fourth-order valence-electron chi connectivity index (χ4n) is 2.37. The van der Waals surface area contributed by atoms with Crippen LogP contribution in [0.1, 0.15) is 53.5 Å². The predicted molar refractivity (Wildman–Crippen MR) is 56.8 cm³/mol. The van der Waals surface area contributed by atoms with Gasteiger partial charge in [-0.3, -0.25) is 4.79 Å². The van der Waals surface area contributed by atoms with Gasteiger partial charge in [0, 0.05) is 12.1 Å². The van der Waals surface area contributed by atoms with Crippen molar-refractivity contribution in [1.29, 1.82) is 0 Å². The van der Waals surface area contributed by atoms with Crippen LogP contribution in [0.5, 0.6) is 0 Å². The van der Waals surface area contributed by atoms with Crippen LogP contribution in [0.2, 0.25) is 0 Å². The number of carbonyl (C=O) groups is 1. The molecule has 0 aliphatic heterocycles. The predicted octanol–water partition coefficient (Wildman–Crippen LogP) is 2.79. The molecule has 0 fully saturated rings. The Hall–Kier alpha value is -1.05. The summed E-state index contributed by atoms with van der Waals surface area (Å²) in [5.74, 6) is 0.303. The fourth-order valence-corrected chi connectivity index (χ4v) is 2.37. The molecule has 0 bridgehead atoms. The first kappa shape index (κ1) is 9.50. The van der Waals surface area contributed by atoms with Gasteiger partial charge in [-0.05, 0) is 37.3 Å². The van der Waals surface area contributed by atoms with Crippen LogP contribution in [0.25, 0.3) is 0 Å². The number of fused-ring (bicyclic) bond motifs is 1. The van der Waals surface area contributed by atoms with Crippen molar-refractivity contribution in [3.8, 4) is 0 Å². The Balaban J connectivity index is 2.46. The summed E-state index contributed by atoms with van der Waals surface area (Å²) in [6.07, 6.45) is 5.09. The number of carbonyl (C=O) groups excluding carboxylic acids is 1. The average Bonchev–Trinajstić information content (AvgIpc) is 2.47. The Labute approximate surface area is 84.7 Å². The maximum Gasteiger partial charge on any atom is 0.179 e. The Morgan fingerprint density at radius 1 is 1.36 bits per heavy atom. The molecule has 1 aromatic rings. The topological polar surface area (TPSA) is 32.9 Å². The molecule has 0 aromatic carbocycles. The van der Waals surface area contributed by atoms with E-state index in [2.05, 4.69) is 18.8 Å². The van der Waals surface area contributed by atoms with Gasteiger partial charge in [-0.1, -0.05) is 13.3 Å². The van der Waals surface area contributed by atoms with Crippen molar-refractivity contribution in [3.05, 3.63) is 22.5 Å². The summed E-state index contributed by atoms with van der Waals surface area (Å²) >= 11 is 0. The summed E-state index contributed by atoms with van der Waals surface area (Å²) < 4.78 is 0. The van der Waals surface area contributed by atoms with E-state index < -0.39 is 0 Å². The molecule has 0 spiro atoms. The monoisotopic (exact) mass is 191 g/mol. The summed E-state index contributed by atoms with van der Waals surface area (Å²) in [4.78, 5) is 14.9. The molecule has 1 heterocycles. The van der Waals surface area contributed by atoms with Crippen LogP contribution in [0.4, 0.5) is 0 Å². The highest BCUT2D eigenvalue weighted by Crippen LogP contribution is 2.27. The van der Waals surface area contributed by atoms with Crippen LogP contribution in [0.3, 0.4) is 0 Å². The van der Waals surface area contributed by atoms with Crippen molar-refractivity contribution in [2.45, 2.75) is 46.0 Å². The van der Waals surface area contributed by atoms with Crippen molar-refractivity contribution >= 4 is 5.78 Å². The SMILES string of the molecule is CCCc1c(C)[nH]c2c1CCCC2=O. The molecule has 2 rings (SSSR count). The largest absolute Gasteiger partial charge is 0.356 e. The molecule has 0 atom stereocenters. The highest BCUT2D eigenvalue weighted by Gasteiger charge is 2.22. The minimum atomic E-state index is 0.303. The molecule has 14 heavy (non-hydrogen) atoms. The summed E-state index contributed by atoms with van der Waals surface area (Å²) in [6.45, 7) is 4.26. The van der Waals surface area contributed by atoms with Gasteiger partial charge < -0.3 is 4.98 Å². The first-order valence-electron chi connectivity index (χ1n) is 5.47. The average molecular weight is 191 g/mol. The summed E-state index contributed by atoms with van der Waals surface area (Å²) in [7, 11) is 0. The molecular weight excluding hydrogens is 174 g/mol. The van der Waals surface area contributed by atoms with Gasteiger partial charge in [-0.25, -0.2) is 0 Å². The van der Waals surface area contributed by atoms with Crippen LogP contribution >= 0.6 is 0 Å². The van der Waals surface area contributed by atoms with E-state index in [9.17, 15) is 4.79 Å². The molecule has 0 amide bonds. The lowest BCUT2D eigenvalue weighted by Gasteiger charge is -2.11. The van der Waals surface area contributed by atoms with E-state index in [-0.39, 0.29) is 0 Å². The zero-order chi connectivity index (χ0) is 10.1. The minimum Gasteiger partial charge on any atom is -0.356 e. The molecule has 76 valence electrons. The van der Waals surface area contributed by atoms with Gasteiger partial charge in [0.15, 0.2) is 5.78 Å². The molecule has 1 aliphatic carbocycles. The summed E-state index contributed by atoms with van der Waals surface area (Å²) in [5.41, 5.74) is 4.81.